The molecule has 1 fully saturated rings. The van der Waals surface area contributed by atoms with Crippen LogP contribution < -0.4 is 14.2 Å². The molecule has 0 atom stereocenters. The number of carbonyl (C=O) groups is 1. The minimum absolute atomic E-state index is 0.00428. The highest BCUT2D eigenvalue weighted by molar-refractivity contribution is 5.95. The summed E-state index contributed by atoms with van der Waals surface area (Å²) in [6.07, 6.45) is 3.91. The average Bonchev–Trinajstić information content (AvgIpc) is 3.48. The fraction of sp³-hybridized carbons (Fsp3) is 0.357. The van der Waals surface area contributed by atoms with E-state index in [2.05, 4.69) is 22.4 Å². The summed E-state index contributed by atoms with van der Waals surface area (Å²) in [7, 11) is 3.26. The van der Waals surface area contributed by atoms with E-state index in [1.54, 1.807) is 32.4 Å². The van der Waals surface area contributed by atoms with E-state index in [-0.39, 0.29) is 5.91 Å². The summed E-state index contributed by atoms with van der Waals surface area (Å²) in [6, 6.07) is 11.4. The molecule has 8 heteroatoms. The standard InChI is InChI=1S/C28H31N3O5/c1-17-24(18(2)36-30-17)16-35-26-8-5-20(13-27(26)34-4)28(32)31-11-9-19(10-12-31)23-15-29-25-7-6-21(33-3)14-22(23)25/h5-8,13-15,19,29H,9-12,16H2,1-4H3. The average molecular weight is 490 g/mol. The zero-order valence-corrected chi connectivity index (χ0v) is 21.1. The molecule has 3 heterocycles. The van der Waals surface area contributed by atoms with Crippen LogP contribution in [-0.4, -0.2) is 48.3 Å². The summed E-state index contributed by atoms with van der Waals surface area (Å²) in [5.41, 5.74) is 4.69. The topological polar surface area (TPSA) is 89.8 Å². The van der Waals surface area contributed by atoms with Gasteiger partial charge in [-0.25, -0.2) is 0 Å². The third kappa shape index (κ3) is 4.51. The fourth-order valence-corrected chi connectivity index (χ4v) is 4.94. The summed E-state index contributed by atoms with van der Waals surface area (Å²) in [6.45, 7) is 5.46. The molecule has 1 amide bonds. The summed E-state index contributed by atoms with van der Waals surface area (Å²) >= 11 is 0. The lowest BCUT2D eigenvalue weighted by atomic mass is 9.89. The fourth-order valence-electron chi connectivity index (χ4n) is 4.94. The Kier molecular flexibility index (Phi) is 6.59. The second-order valence-electron chi connectivity index (χ2n) is 9.18. The van der Waals surface area contributed by atoms with Crippen LogP contribution in [0.5, 0.6) is 17.2 Å². The number of ether oxygens (including phenoxy) is 3. The number of benzene rings is 2. The number of methoxy groups -OCH3 is 2. The van der Waals surface area contributed by atoms with Crippen LogP contribution in [0.2, 0.25) is 0 Å². The number of amides is 1. The van der Waals surface area contributed by atoms with Gasteiger partial charge in [-0.1, -0.05) is 5.16 Å². The van der Waals surface area contributed by atoms with Crippen molar-refractivity contribution in [1.82, 2.24) is 15.0 Å². The normalized spacial score (nSPS) is 14.3. The van der Waals surface area contributed by atoms with E-state index >= 15 is 0 Å². The maximum Gasteiger partial charge on any atom is 0.253 e. The first-order valence-electron chi connectivity index (χ1n) is 12.2. The number of aromatic amines is 1. The Balaban J connectivity index is 1.25. The molecule has 0 bridgehead atoms. The number of nitrogens with zero attached hydrogens (tertiary/aromatic N) is 2. The number of hydrogen-bond acceptors (Lipinski definition) is 6. The lowest BCUT2D eigenvalue weighted by Gasteiger charge is -2.32. The third-order valence-electron chi connectivity index (χ3n) is 7.11. The molecule has 8 nitrogen and oxygen atoms in total. The molecule has 0 saturated carbocycles. The van der Waals surface area contributed by atoms with Crippen molar-refractivity contribution >= 4 is 16.8 Å². The smallest absolute Gasteiger partial charge is 0.253 e. The van der Waals surface area contributed by atoms with Crippen molar-refractivity contribution in [3.63, 3.8) is 0 Å². The molecule has 4 aromatic rings. The molecule has 0 aliphatic carbocycles. The van der Waals surface area contributed by atoms with Crippen molar-refractivity contribution in [3.8, 4) is 17.2 Å². The van der Waals surface area contributed by atoms with Gasteiger partial charge in [-0.2, -0.15) is 0 Å². The van der Waals surface area contributed by atoms with Crippen LogP contribution in [0.4, 0.5) is 0 Å². The molecule has 0 spiro atoms. The van der Waals surface area contributed by atoms with Crippen LogP contribution in [0.15, 0.2) is 47.1 Å². The Bertz CT molecular complexity index is 1360. The lowest BCUT2D eigenvalue weighted by Crippen LogP contribution is -2.37. The van der Waals surface area contributed by atoms with E-state index in [0.29, 0.717) is 42.7 Å². The summed E-state index contributed by atoms with van der Waals surface area (Å²) in [5, 5.41) is 5.15. The Hall–Kier alpha value is -3.94. The number of piperidine rings is 1. The highest BCUT2D eigenvalue weighted by Crippen LogP contribution is 2.36. The molecule has 1 N–H and O–H groups in total. The minimum atomic E-state index is 0.00428. The molecule has 1 aliphatic rings. The van der Waals surface area contributed by atoms with Gasteiger partial charge in [0.05, 0.1) is 25.5 Å². The van der Waals surface area contributed by atoms with Crippen molar-refractivity contribution in [3.05, 3.63) is 70.7 Å². The monoisotopic (exact) mass is 489 g/mol. The molecule has 5 rings (SSSR count). The molecule has 0 unspecified atom stereocenters. The van der Waals surface area contributed by atoms with Crippen LogP contribution in [0.25, 0.3) is 10.9 Å². The summed E-state index contributed by atoms with van der Waals surface area (Å²) in [5.74, 6) is 3.07. The number of likely N-dealkylation sites (tertiary alicyclic amines) is 1. The molecule has 2 aromatic carbocycles. The first kappa shape index (κ1) is 23.8. The van der Waals surface area contributed by atoms with E-state index in [1.807, 2.05) is 30.9 Å². The van der Waals surface area contributed by atoms with Gasteiger partial charge in [-0.3, -0.25) is 4.79 Å². The van der Waals surface area contributed by atoms with E-state index in [1.165, 1.54) is 10.9 Å². The van der Waals surface area contributed by atoms with Crippen molar-refractivity contribution < 1.29 is 23.5 Å². The Morgan fingerprint density at radius 1 is 1.08 bits per heavy atom. The van der Waals surface area contributed by atoms with Gasteiger partial charge in [0, 0.05) is 35.8 Å². The Morgan fingerprint density at radius 2 is 1.89 bits per heavy atom. The molecule has 2 aromatic heterocycles. The first-order chi connectivity index (χ1) is 17.5. The molecule has 0 radical (unpaired) electrons. The second kappa shape index (κ2) is 9.97. The molecule has 1 aliphatic heterocycles. The lowest BCUT2D eigenvalue weighted by molar-refractivity contribution is 0.0713. The van der Waals surface area contributed by atoms with Crippen molar-refractivity contribution in [2.45, 2.75) is 39.2 Å². The highest BCUT2D eigenvalue weighted by atomic mass is 16.5. The van der Waals surface area contributed by atoms with Crippen molar-refractivity contribution in [2.24, 2.45) is 0 Å². The quantitative estimate of drug-likeness (QED) is 0.374. The number of fused-ring (bicyclic) bond motifs is 1. The van der Waals surface area contributed by atoms with Crippen LogP contribution in [0.1, 0.15) is 51.7 Å². The zero-order valence-electron chi connectivity index (χ0n) is 21.1. The van der Waals surface area contributed by atoms with Crippen LogP contribution in [0, 0.1) is 13.8 Å². The van der Waals surface area contributed by atoms with Gasteiger partial charge in [-0.05, 0) is 74.6 Å². The predicted octanol–water partition coefficient (Wildman–Crippen LogP) is 5.39. The van der Waals surface area contributed by atoms with Crippen LogP contribution >= 0.6 is 0 Å². The third-order valence-corrected chi connectivity index (χ3v) is 7.11. The van der Waals surface area contributed by atoms with Gasteiger partial charge >= 0.3 is 0 Å². The number of hydrogen-bond donors (Lipinski definition) is 1. The van der Waals surface area contributed by atoms with E-state index in [4.69, 9.17) is 18.7 Å². The van der Waals surface area contributed by atoms with Gasteiger partial charge in [0.2, 0.25) is 0 Å². The number of H-pyrrole nitrogens is 1. The molecular formula is C28H31N3O5. The second-order valence-corrected chi connectivity index (χ2v) is 9.18. The van der Waals surface area contributed by atoms with Crippen LogP contribution in [0.3, 0.4) is 0 Å². The van der Waals surface area contributed by atoms with Gasteiger partial charge in [-0.15, -0.1) is 0 Å². The molecule has 1 saturated heterocycles. The SMILES string of the molecule is COc1ccc2[nH]cc(C3CCN(C(=O)c4ccc(OCc5c(C)noc5C)c(OC)c4)CC3)c2c1. The maximum atomic E-state index is 13.3. The number of aryl methyl sites for hydroxylation is 2. The van der Waals surface area contributed by atoms with E-state index in [0.717, 1.165) is 41.1 Å². The minimum Gasteiger partial charge on any atom is -0.497 e. The number of carbonyl (C=O) groups excluding carboxylic acids is 1. The molecular weight excluding hydrogens is 458 g/mol. The van der Waals surface area contributed by atoms with E-state index < -0.39 is 0 Å². The number of nitrogens with one attached hydrogen (secondary N) is 1. The Morgan fingerprint density at radius 3 is 2.58 bits per heavy atom. The number of aromatic nitrogens is 2. The Labute approximate surface area is 210 Å². The predicted molar refractivity (Wildman–Crippen MR) is 136 cm³/mol. The maximum absolute atomic E-state index is 13.3. The molecule has 188 valence electrons. The van der Waals surface area contributed by atoms with Gasteiger partial charge in [0.15, 0.2) is 11.5 Å². The number of rotatable bonds is 7. The van der Waals surface area contributed by atoms with Crippen molar-refractivity contribution in [2.75, 3.05) is 27.3 Å². The zero-order chi connectivity index (χ0) is 25.2. The molecule has 36 heavy (non-hydrogen) atoms. The van der Waals surface area contributed by atoms with Crippen molar-refractivity contribution in [1.29, 1.82) is 0 Å². The first-order valence-corrected chi connectivity index (χ1v) is 12.2. The van der Waals surface area contributed by atoms with Gasteiger partial charge in [0.25, 0.3) is 5.91 Å². The van der Waals surface area contributed by atoms with Gasteiger partial charge in [0.1, 0.15) is 18.1 Å². The van der Waals surface area contributed by atoms with Gasteiger partial charge < -0.3 is 28.6 Å². The highest BCUT2D eigenvalue weighted by Gasteiger charge is 2.27. The largest absolute Gasteiger partial charge is 0.497 e. The van der Waals surface area contributed by atoms with E-state index in [9.17, 15) is 4.79 Å². The summed E-state index contributed by atoms with van der Waals surface area (Å²) in [4.78, 5) is 18.6. The van der Waals surface area contributed by atoms with Crippen LogP contribution in [-0.2, 0) is 6.61 Å². The summed E-state index contributed by atoms with van der Waals surface area (Å²) < 4.78 is 22.1.